The van der Waals surface area contributed by atoms with Gasteiger partial charge in [0.2, 0.25) is 5.91 Å². The van der Waals surface area contributed by atoms with Gasteiger partial charge in [-0.05, 0) is 60.5 Å². The molecule has 3 N–H and O–H groups in total. The molecule has 0 saturated carbocycles. The molecule has 2 aliphatic rings. The van der Waals surface area contributed by atoms with Crippen LogP contribution in [0.15, 0.2) is 66.7 Å². The van der Waals surface area contributed by atoms with Crippen LogP contribution in [0.2, 0.25) is 5.02 Å². The topological polar surface area (TPSA) is 73.5 Å². The molecule has 2 amide bonds. The first kappa shape index (κ1) is 20.5. The van der Waals surface area contributed by atoms with Gasteiger partial charge in [-0.15, -0.1) is 0 Å². The summed E-state index contributed by atoms with van der Waals surface area (Å²) in [4.78, 5) is 25.9. The standard InChI is InChI=1S/C25H23ClN4O2/c1-15-2-4-16(5-3-15)13-28-24(31)17-6-11-22-20(12-17)23-21(14-27-22)25(32)30(29-23)19-9-7-18(26)8-10-19/h2-12,21,23,27,29H,13-14H2,1H3,(H,28,31). The highest BCUT2D eigenvalue weighted by atomic mass is 35.5. The second kappa shape index (κ2) is 8.30. The van der Waals surface area contributed by atoms with Gasteiger partial charge in [0.15, 0.2) is 0 Å². The highest BCUT2D eigenvalue weighted by Crippen LogP contribution is 2.40. The number of hydrogen-bond acceptors (Lipinski definition) is 4. The molecule has 0 aromatic heterocycles. The fourth-order valence-electron chi connectivity index (χ4n) is 4.22. The van der Waals surface area contributed by atoms with Crippen LogP contribution < -0.4 is 21.1 Å². The number of fused-ring (bicyclic) bond motifs is 3. The molecule has 0 aliphatic carbocycles. The number of amides is 2. The zero-order chi connectivity index (χ0) is 22.2. The van der Waals surface area contributed by atoms with Crippen molar-refractivity contribution in [3.05, 3.63) is 94.0 Å². The van der Waals surface area contributed by atoms with E-state index in [9.17, 15) is 9.59 Å². The van der Waals surface area contributed by atoms with Crippen LogP contribution in [0.4, 0.5) is 11.4 Å². The number of hydrazine groups is 1. The zero-order valence-electron chi connectivity index (χ0n) is 17.6. The number of carbonyl (C=O) groups is 2. The number of rotatable bonds is 4. The fraction of sp³-hybridized carbons (Fsp3) is 0.200. The summed E-state index contributed by atoms with van der Waals surface area (Å²) in [5.41, 5.74) is 8.71. The minimum absolute atomic E-state index is 0.00954. The first-order valence-corrected chi connectivity index (χ1v) is 10.9. The summed E-state index contributed by atoms with van der Waals surface area (Å²) in [5, 5.41) is 8.51. The molecular weight excluding hydrogens is 424 g/mol. The maximum Gasteiger partial charge on any atom is 0.251 e. The van der Waals surface area contributed by atoms with Crippen LogP contribution in [0, 0.1) is 12.8 Å². The molecule has 2 aliphatic heterocycles. The summed E-state index contributed by atoms with van der Waals surface area (Å²) in [6.45, 7) is 3.03. The molecule has 2 atom stereocenters. The molecule has 3 aromatic carbocycles. The number of anilines is 2. The Labute approximate surface area is 191 Å². The minimum Gasteiger partial charge on any atom is -0.384 e. The average Bonchev–Trinajstić information content (AvgIpc) is 3.15. The van der Waals surface area contributed by atoms with E-state index in [1.54, 1.807) is 17.1 Å². The SMILES string of the molecule is Cc1ccc(CNC(=O)c2ccc3c(c2)C2NN(c4ccc(Cl)cc4)C(=O)C2CN3)cc1. The van der Waals surface area contributed by atoms with Gasteiger partial charge in [-0.25, -0.2) is 10.4 Å². The van der Waals surface area contributed by atoms with E-state index in [2.05, 4.69) is 16.1 Å². The third-order valence-electron chi connectivity index (χ3n) is 6.03. The van der Waals surface area contributed by atoms with Crippen molar-refractivity contribution in [3.63, 3.8) is 0 Å². The Morgan fingerprint density at radius 3 is 2.59 bits per heavy atom. The monoisotopic (exact) mass is 446 g/mol. The van der Waals surface area contributed by atoms with Crippen LogP contribution in [0.1, 0.15) is 33.1 Å². The lowest BCUT2D eigenvalue weighted by Gasteiger charge is -2.27. The summed E-state index contributed by atoms with van der Waals surface area (Å²) in [6, 6.07) is 20.6. The summed E-state index contributed by atoms with van der Waals surface area (Å²) in [5.74, 6) is -0.414. The van der Waals surface area contributed by atoms with Gasteiger partial charge >= 0.3 is 0 Å². The number of aryl methyl sites for hydroxylation is 1. The van der Waals surface area contributed by atoms with Crippen LogP contribution in [0.3, 0.4) is 0 Å². The van der Waals surface area contributed by atoms with E-state index in [1.165, 1.54) is 5.56 Å². The van der Waals surface area contributed by atoms with Crippen LogP contribution in [0.5, 0.6) is 0 Å². The third-order valence-corrected chi connectivity index (χ3v) is 6.28. The summed E-state index contributed by atoms with van der Waals surface area (Å²) < 4.78 is 0. The third kappa shape index (κ3) is 3.83. The number of nitrogens with zero attached hydrogens (tertiary/aromatic N) is 1. The first-order chi connectivity index (χ1) is 15.5. The number of benzene rings is 3. The molecule has 1 fully saturated rings. The Balaban J connectivity index is 1.35. The molecule has 1 saturated heterocycles. The van der Waals surface area contributed by atoms with E-state index in [4.69, 9.17) is 11.6 Å². The van der Waals surface area contributed by atoms with Gasteiger partial charge in [0.1, 0.15) is 0 Å². The predicted molar refractivity (Wildman–Crippen MR) is 126 cm³/mol. The van der Waals surface area contributed by atoms with Crippen molar-refractivity contribution in [2.75, 3.05) is 16.9 Å². The van der Waals surface area contributed by atoms with Gasteiger partial charge in [-0.1, -0.05) is 41.4 Å². The van der Waals surface area contributed by atoms with E-state index < -0.39 is 0 Å². The lowest BCUT2D eigenvalue weighted by Crippen LogP contribution is -2.35. The van der Waals surface area contributed by atoms with Crippen molar-refractivity contribution in [1.82, 2.24) is 10.7 Å². The van der Waals surface area contributed by atoms with Crippen molar-refractivity contribution >= 4 is 34.8 Å². The van der Waals surface area contributed by atoms with Crippen molar-refractivity contribution in [1.29, 1.82) is 0 Å². The number of hydrogen-bond donors (Lipinski definition) is 3. The van der Waals surface area contributed by atoms with Crippen molar-refractivity contribution in [3.8, 4) is 0 Å². The van der Waals surface area contributed by atoms with Crippen LogP contribution in [0.25, 0.3) is 0 Å². The van der Waals surface area contributed by atoms with Gasteiger partial charge in [0.05, 0.1) is 17.6 Å². The van der Waals surface area contributed by atoms with Crippen molar-refractivity contribution < 1.29 is 9.59 Å². The fourth-order valence-corrected chi connectivity index (χ4v) is 4.34. The van der Waals surface area contributed by atoms with Crippen LogP contribution in [-0.2, 0) is 11.3 Å². The zero-order valence-corrected chi connectivity index (χ0v) is 18.3. The van der Waals surface area contributed by atoms with Gasteiger partial charge in [0.25, 0.3) is 5.91 Å². The maximum atomic E-state index is 13.0. The van der Waals surface area contributed by atoms with Gasteiger partial charge in [-0.3, -0.25) is 9.59 Å². The summed E-state index contributed by atoms with van der Waals surface area (Å²) in [6.07, 6.45) is 0. The predicted octanol–water partition coefficient (Wildman–Crippen LogP) is 4.21. The number of carbonyl (C=O) groups excluding carboxylic acids is 2. The van der Waals surface area contributed by atoms with Crippen LogP contribution in [-0.4, -0.2) is 18.4 Å². The maximum absolute atomic E-state index is 13.0. The number of halogens is 1. The Kier molecular flexibility index (Phi) is 5.33. The Morgan fingerprint density at radius 2 is 1.84 bits per heavy atom. The highest BCUT2D eigenvalue weighted by Gasteiger charge is 2.44. The molecule has 0 radical (unpaired) electrons. The molecule has 7 heteroatoms. The normalized spacial score (nSPS) is 19.2. The molecular formula is C25H23ClN4O2. The lowest BCUT2D eigenvalue weighted by molar-refractivity contribution is -0.120. The van der Waals surface area contributed by atoms with Crippen molar-refractivity contribution in [2.45, 2.75) is 19.5 Å². The molecule has 0 spiro atoms. The second-order valence-corrected chi connectivity index (χ2v) is 8.65. The molecule has 162 valence electrons. The van der Waals surface area contributed by atoms with E-state index >= 15 is 0 Å². The molecule has 6 nitrogen and oxygen atoms in total. The molecule has 3 aromatic rings. The molecule has 0 bridgehead atoms. The molecule has 5 rings (SSSR count). The lowest BCUT2D eigenvalue weighted by atomic mass is 9.88. The van der Waals surface area contributed by atoms with E-state index in [0.29, 0.717) is 23.7 Å². The van der Waals surface area contributed by atoms with Gasteiger partial charge < -0.3 is 10.6 Å². The molecule has 32 heavy (non-hydrogen) atoms. The highest BCUT2D eigenvalue weighted by molar-refractivity contribution is 6.30. The van der Waals surface area contributed by atoms with Crippen LogP contribution >= 0.6 is 11.6 Å². The molecule has 2 heterocycles. The van der Waals surface area contributed by atoms with Gasteiger partial charge in [-0.2, -0.15) is 0 Å². The van der Waals surface area contributed by atoms with E-state index in [-0.39, 0.29) is 23.8 Å². The summed E-state index contributed by atoms with van der Waals surface area (Å²) in [7, 11) is 0. The number of nitrogens with one attached hydrogen (secondary N) is 3. The first-order valence-electron chi connectivity index (χ1n) is 10.6. The summed E-state index contributed by atoms with van der Waals surface area (Å²) >= 11 is 5.99. The average molecular weight is 447 g/mol. The van der Waals surface area contributed by atoms with E-state index in [0.717, 1.165) is 22.5 Å². The Hall–Kier alpha value is -3.35. The Bertz CT molecular complexity index is 1180. The van der Waals surface area contributed by atoms with E-state index in [1.807, 2.05) is 61.5 Å². The Morgan fingerprint density at radius 1 is 1.09 bits per heavy atom. The smallest absolute Gasteiger partial charge is 0.251 e. The quantitative estimate of drug-likeness (QED) is 0.561. The molecule has 2 unspecified atom stereocenters. The largest absolute Gasteiger partial charge is 0.384 e. The van der Waals surface area contributed by atoms with Crippen molar-refractivity contribution in [2.24, 2.45) is 5.92 Å². The minimum atomic E-state index is -0.260. The second-order valence-electron chi connectivity index (χ2n) is 8.21. The van der Waals surface area contributed by atoms with Gasteiger partial charge in [0, 0.05) is 29.4 Å².